The molecular formula is C23H44IN5O. The zero-order chi connectivity index (χ0) is 21.5. The van der Waals surface area contributed by atoms with E-state index in [9.17, 15) is 0 Å². The zero-order valence-electron chi connectivity index (χ0n) is 19.9. The number of aliphatic imine (C=N–C) groups is 1. The van der Waals surface area contributed by atoms with E-state index in [1.54, 1.807) is 0 Å². The lowest BCUT2D eigenvalue weighted by atomic mass is 10.2. The van der Waals surface area contributed by atoms with Crippen molar-refractivity contribution in [2.24, 2.45) is 4.99 Å². The van der Waals surface area contributed by atoms with E-state index in [2.05, 4.69) is 60.3 Å². The molecule has 0 aliphatic carbocycles. The SMILES string of the molecule is CCNC(=NCc1cccc(OCCN(C)C)c1)NC(C)CCCN(CC)CC.I. The smallest absolute Gasteiger partial charge is 0.191 e. The molecule has 30 heavy (non-hydrogen) atoms. The summed E-state index contributed by atoms with van der Waals surface area (Å²) in [6, 6.07) is 8.61. The van der Waals surface area contributed by atoms with Gasteiger partial charge in [0.1, 0.15) is 12.4 Å². The van der Waals surface area contributed by atoms with Crippen LogP contribution in [0.4, 0.5) is 0 Å². The maximum absolute atomic E-state index is 5.83. The molecule has 6 nitrogen and oxygen atoms in total. The maximum atomic E-state index is 5.83. The fourth-order valence-corrected chi connectivity index (χ4v) is 3.04. The van der Waals surface area contributed by atoms with Crippen LogP contribution < -0.4 is 15.4 Å². The van der Waals surface area contributed by atoms with E-state index in [0.717, 1.165) is 56.4 Å². The third-order valence-corrected chi connectivity index (χ3v) is 4.86. The van der Waals surface area contributed by atoms with Crippen LogP contribution in [0.3, 0.4) is 0 Å². The first-order chi connectivity index (χ1) is 14.0. The Morgan fingerprint density at radius 3 is 2.50 bits per heavy atom. The molecule has 1 rings (SSSR count). The molecule has 0 radical (unpaired) electrons. The predicted octanol–water partition coefficient (Wildman–Crippen LogP) is 3.81. The van der Waals surface area contributed by atoms with E-state index < -0.39 is 0 Å². The molecule has 0 amide bonds. The lowest BCUT2D eigenvalue weighted by Gasteiger charge is -2.21. The van der Waals surface area contributed by atoms with Crippen molar-refractivity contribution in [3.05, 3.63) is 29.8 Å². The average molecular weight is 534 g/mol. The summed E-state index contributed by atoms with van der Waals surface area (Å²) in [5.74, 6) is 1.78. The highest BCUT2D eigenvalue weighted by atomic mass is 127. The summed E-state index contributed by atoms with van der Waals surface area (Å²) in [6.45, 7) is 15.3. The summed E-state index contributed by atoms with van der Waals surface area (Å²) < 4.78 is 5.83. The van der Waals surface area contributed by atoms with Gasteiger partial charge in [-0.05, 0) is 78.1 Å². The molecule has 0 heterocycles. The molecule has 0 spiro atoms. The number of nitrogens with zero attached hydrogens (tertiary/aromatic N) is 3. The lowest BCUT2D eigenvalue weighted by molar-refractivity contribution is 0.261. The van der Waals surface area contributed by atoms with E-state index in [1.807, 2.05) is 26.2 Å². The lowest BCUT2D eigenvalue weighted by Crippen LogP contribution is -2.42. The highest BCUT2D eigenvalue weighted by molar-refractivity contribution is 14.0. The van der Waals surface area contributed by atoms with Crippen LogP contribution >= 0.6 is 24.0 Å². The first kappa shape index (κ1) is 28.9. The van der Waals surface area contributed by atoms with Gasteiger partial charge in [-0.1, -0.05) is 26.0 Å². The number of hydrogen-bond acceptors (Lipinski definition) is 4. The van der Waals surface area contributed by atoms with E-state index in [1.165, 1.54) is 6.42 Å². The van der Waals surface area contributed by atoms with Crippen LogP contribution in [0.15, 0.2) is 29.3 Å². The van der Waals surface area contributed by atoms with Gasteiger partial charge in [0.15, 0.2) is 5.96 Å². The van der Waals surface area contributed by atoms with Gasteiger partial charge in [-0.2, -0.15) is 0 Å². The quantitative estimate of drug-likeness (QED) is 0.217. The number of likely N-dealkylation sites (N-methyl/N-ethyl adjacent to an activating group) is 1. The topological polar surface area (TPSA) is 52.1 Å². The third kappa shape index (κ3) is 13.3. The second-order valence-electron chi connectivity index (χ2n) is 7.71. The monoisotopic (exact) mass is 533 g/mol. The minimum atomic E-state index is 0. The fourth-order valence-electron chi connectivity index (χ4n) is 3.04. The van der Waals surface area contributed by atoms with Crippen molar-refractivity contribution in [3.63, 3.8) is 0 Å². The largest absolute Gasteiger partial charge is 0.492 e. The van der Waals surface area contributed by atoms with Crippen LogP contribution in [0, 0.1) is 0 Å². The van der Waals surface area contributed by atoms with Crippen molar-refractivity contribution in [2.45, 2.75) is 53.1 Å². The highest BCUT2D eigenvalue weighted by Gasteiger charge is 2.07. The summed E-state index contributed by atoms with van der Waals surface area (Å²) in [6.07, 6.45) is 2.33. The molecule has 0 saturated heterocycles. The van der Waals surface area contributed by atoms with E-state index in [0.29, 0.717) is 19.2 Å². The number of nitrogens with one attached hydrogen (secondary N) is 2. The van der Waals surface area contributed by atoms with E-state index in [-0.39, 0.29) is 24.0 Å². The van der Waals surface area contributed by atoms with Crippen LogP contribution in [0.1, 0.15) is 46.1 Å². The number of rotatable bonds is 14. The Morgan fingerprint density at radius 1 is 1.13 bits per heavy atom. The molecule has 174 valence electrons. The van der Waals surface area contributed by atoms with Gasteiger partial charge in [0.05, 0.1) is 6.54 Å². The Bertz CT molecular complexity index is 578. The summed E-state index contributed by atoms with van der Waals surface area (Å²) >= 11 is 0. The second-order valence-corrected chi connectivity index (χ2v) is 7.71. The predicted molar refractivity (Wildman–Crippen MR) is 140 cm³/mol. The second kappa shape index (κ2) is 17.6. The minimum absolute atomic E-state index is 0. The molecule has 0 aliphatic rings. The molecule has 0 bridgehead atoms. The first-order valence-electron chi connectivity index (χ1n) is 11.1. The Hall–Kier alpha value is -1.06. The molecule has 0 fully saturated rings. The molecule has 1 aromatic carbocycles. The third-order valence-electron chi connectivity index (χ3n) is 4.86. The Balaban J connectivity index is 0.00000841. The number of hydrogen-bond donors (Lipinski definition) is 2. The van der Waals surface area contributed by atoms with Crippen molar-refractivity contribution in [2.75, 3.05) is 53.4 Å². The Morgan fingerprint density at radius 2 is 1.87 bits per heavy atom. The van der Waals surface area contributed by atoms with Crippen LogP contribution in [0.2, 0.25) is 0 Å². The fraction of sp³-hybridized carbons (Fsp3) is 0.696. The van der Waals surface area contributed by atoms with E-state index >= 15 is 0 Å². The van der Waals surface area contributed by atoms with Crippen LogP contribution in [0.25, 0.3) is 0 Å². The van der Waals surface area contributed by atoms with Gasteiger partial charge < -0.3 is 25.2 Å². The van der Waals surface area contributed by atoms with Crippen molar-refractivity contribution < 1.29 is 4.74 Å². The Kier molecular flexibility index (Phi) is 17.0. The summed E-state index contributed by atoms with van der Waals surface area (Å²) in [5.41, 5.74) is 1.15. The van der Waals surface area contributed by atoms with Gasteiger partial charge in [0.2, 0.25) is 0 Å². The normalized spacial score (nSPS) is 12.6. The number of ether oxygens (including phenoxy) is 1. The molecule has 1 atom stereocenters. The Labute approximate surface area is 201 Å². The molecule has 0 aromatic heterocycles. The van der Waals surface area contributed by atoms with Crippen molar-refractivity contribution in [1.29, 1.82) is 0 Å². The molecule has 0 aliphatic heterocycles. The zero-order valence-corrected chi connectivity index (χ0v) is 22.2. The van der Waals surface area contributed by atoms with Crippen LogP contribution in [-0.4, -0.2) is 75.2 Å². The van der Waals surface area contributed by atoms with E-state index in [4.69, 9.17) is 9.73 Å². The summed E-state index contributed by atoms with van der Waals surface area (Å²) in [7, 11) is 4.10. The van der Waals surface area contributed by atoms with Crippen LogP contribution in [0.5, 0.6) is 5.75 Å². The molecule has 7 heteroatoms. The van der Waals surface area contributed by atoms with Crippen molar-refractivity contribution in [1.82, 2.24) is 20.4 Å². The average Bonchev–Trinajstić information content (AvgIpc) is 2.70. The van der Waals surface area contributed by atoms with Crippen LogP contribution in [-0.2, 0) is 6.54 Å². The number of guanidine groups is 1. The first-order valence-corrected chi connectivity index (χ1v) is 11.1. The van der Waals surface area contributed by atoms with Gasteiger partial charge in [-0.25, -0.2) is 4.99 Å². The summed E-state index contributed by atoms with van der Waals surface area (Å²) in [5, 5.41) is 6.90. The minimum Gasteiger partial charge on any atom is -0.492 e. The maximum Gasteiger partial charge on any atom is 0.191 e. The molecule has 1 aromatic rings. The molecule has 1 unspecified atom stereocenters. The highest BCUT2D eigenvalue weighted by Crippen LogP contribution is 2.14. The standard InChI is InChI=1S/C23H43N5O.HI/c1-7-24-23(26-20(4)12-11-15-28(8-2)9-3)25-19-21-13-10-14-22(18-21)29-17-16-27(5)6;/h10,13-14,18,20H,7-9,11-12,15-17,19H2,1-6H3,(H2,24,25,26);1H. The molecular weight excluding hydrogens is 489 g/mol. The van der Waals surface area contributed by atoms with Gasteiger partial charge in [0, 0.05) is 19.1 Å². The van der Waals surface area contributed by atoms with Crippen molar-refractivity contribution in [3.8, 4) is 5.75 Å². The van der Waals surface area contributed by atoms with Gasteiger partial charge in [-0.15, -0.1) is 24.0 Å². The number of benzene rings is 1. The van der Waals surface area contributed by atoms with Crippen molar-refractivity contribution >= 4 is 29.9 Å². The van der Waals surface area contributed by atoms with Gasteiger partial charge in [-0.3, -0.25) is 0 Å². The molecule has 2 N–H and O–H groups in total. The number of halogens is 1. The van der Waals surface area contributed by atoms with Gasteiger partial charge >= 0.3 is 0 Å². The molecule has 0 saturated carbocycles. The summed E-state index contributed by atoms with van der Waals surface area (Å²) in [4.78, 5) is 9.36. The van der Waals surface area contributed by atoms with Gasteiger partial charge in [0.25, 0.3) is 0 Å².